The standard InChI is InChI=1S/C17H14N2O6S/c20-15(21)17(9-12(17)10-4-2-1-3-5-10)19-26(23,24)11-6-7-13-14(8-11)25-16(22)18-13/h1-8,12,19H,9H2,(H,18,22)(H,20,21). The van der Waals surface area contributed by atoms with Crippen molar-refractivity contribution in [2.75, 3.05) is 0 Å². The number of aliphatic carboxylic acids is 1. The van der Waals surface area contributed by atoms with Gasteiger partial charge in [-0.25, -0.2) is 13.2 Å². The molecule has 2 aromatic carbocycles. The number of hydrogen-bond donors (Lipinski definition) is 3. The third kappa shape index (κ3) is 2.61. The van der Waals surface area contributed by atoms with Crippen LogP contribution >= 0.6 is 0 Å². The first-order chi connectivity index (χ1) is 12.3. The predicted molar refractivity (Wildman–Crippen MR) is 91.3 cm³/mol. The lowest BCUT2D eigenvalue weighted by Gasteiger charge is -2.15. The number of fused-ring (bicyclic) bond motifs is 1. The molecule has 4 rings (SSSR count). The molecule has 134 valence electrons. The summed E-state index contributed by atoms with van der Waals surface area (Å²) in [4.78, 5) is 25.3. The highest BCUT2D eigenvalue weighted by molar-refractivity contribution is 7.89. The molecule has 0 radical (unpaired) electrons. The molecule has 1 aliphatic rings. The van der Waals surface area contributed by atoms with Crippen LogP contribution in [0.2, 0.25) is 0 Å². The molecule has 2 unspecified atom stereocenters. The van der Waals surface area contributed by atoms with Crippen molar-refractivity contribution in [2.45, 2.75) is 22.8 Å². The van der Waals surface area contributed by atoms with E-state index in [-0.39, 0.29) is 16.9 Å². The zero-order valence-electron chi connectivity index (χ0n) is 13.3. The van der Waals surface area contributed by atoms with Crippen LogP contribution in [0.4, 0.5) is 0 Å². The molecule has 1 aliphatic carbocycles. The molecule has 8 nitrogen and oxygen atoms in total. The number of oxazole rings is 1. The van der Waals surface area contributed by atoms with Gasteiger partial charge in [0, 0.05) is 12.0 Å². The fourth-order valence-corrected chi connectivity index (χ4v) is 4.55. The van der Waals surface area contributed by atoms with E-state index in [0.29, 0.717) is 5.52 Å². The van der Waals surface area contributed by atoms with Crippen LogP contribution in [-0.4, -0.2) is 30.0 Å². The van der Waals surface area contributed by atoms with Gasteiger partial charge in [0.05, 0.1) is 10.4 Å². The molecule has 0 amide bonds. The Kier molecular flexibility index (Phi) is 3.53. The third-order valence-corrected chi connectivity index (χ3v) is 6.07. The summed E-state index contributed by atoms with van der Waals surface area (Å²) in [5, 5.41) is 9.63. The summed E-state index contributed by atoms with van der Waals surface area (Å²) < 4.78 is 32.6. The number of carboxylic acid groups (broad SMARTS) is 1. The van der Waals surface area contributed by atoms with Crippen molar-refractivity contribution in [3.8, 4) is 0 Å². The molecule has 9 heteroatoms. The normalized spacial score (nSPS) is 22.4. The van der Waals surface area contributed by atoms with Crippen LogP contribution in [-0.2, 0) is 14.8 Å². The monoisotopic (exact) mass is 374 g/mol. The summed E-state index contributed by atoms with van der Waals surface area (Å²) in [6, 6.07) is 12.8. The molecule has 1 saturated carbocycles. The Bertz CT molecular complexity index is 1160. The molecule has 1 aromatic heterocycles. The molecule has 3 aromatic rings. The number of nitrogens with one attached hydrogen (secondary N) is 2. The first-order valence-electron chi connectivity index (χ1n) is 7.77. The zero-order chi connectivity index (χ0) is 18.5. The van der Waals surface area contributed by atoms with Gasteiger partial charge in [-0.2, -0.15) is 4.72 Å². The van der Waals surface area contributed by atoms with Gasteiger partial charge in [0.1, 0.15) is 5.54 Å². The van der Waals surface area contributed by atoms with Crippen LogP contribution < -0.4 is 10.5 Å². The second-order valence-corrected chi connectivity index (χ2v) is 7.90. The number of carboxylic acids is 1. The van der Waals surface area contributed by atoms with Gasteiger partial charge in [-0.15, -0.1) is 0 Å². The van der Waals surface area contributed by atoms with Crippen molar-refractivity contribution in [3.63, 3.8) is 0 Å². The summed E-state index contributed by atoms with van der Waals surface area (Å²) in [5.41, 5.74) is -0.397. The molecule has 26 heavy (non-hydrogen) atoms. The van der Waals surface area contributed by atoms with Crippen LogP contribution in [0.5, 0.6) is 0 Å². The second kappa shape index (κ2) is 5.55. The van der Waals surface area contributed by atoms with E-state index in [1.165, 1.54) is 18.2 Å². The number of benzene rings is 2. The van der Waals surface area contributed by atoms with Gasteiger partial charge in [0.2, 0.25) is 10.0 Å². The Morgan fingerprint density at radius 2 is 1.96 bits per heavy atom. The minimum atomic E-state index is -4.13. The van der Waals surface area contributed by atoms with Crippen molar-refractivity contribution < 1.29 is 22.7 Å². The largest absolute Gasteiger partial charge is 0.480 e. The van der Waals surface area contributed by atoms with Crippen LogP contribution in [0.25, 0.3) is 11.1 Å². The maximum atomic E-state index is 12.7. The van der Waals surface area contributed by atoms with E-state index in [9.17, 15) is 23.1 Å². The summed E-state index contributed by atoms with van der Waals surface area (Å²) in [6.45, 7) is 0. The number of carbonyl (C=O) groups is 1. The van der Waals surface area contributed by atoms with E-state index in [1.807, 2.05) is 0 Å². The molecule has 3 N–H and O–H groups in total. The summed E-state index contributed by atoms with van der Waals surface area (Å²) in [5.74, 6) is -2.38. The summed E-state index contributed by atoms with van der Waals surface area (Å²) >= 11 is 0. The van der Waals surface area contributed by atoms with Crippen molar-refractivity contribution in [3.05, 3.63) is 64.6 Å². The molecule has 0 saturated heterocycles. The van der Waals surface area contributed by atoms with Crippen LogP contribution in [0.3, 0.4) is 0 Å². The Labute approximate surface area is 147 Å². The lowest BCUT2D eigenvalue weighted by Crippen LogP contribution is -2.44. The minimum Gasteiger partial charge on any atom is -0.480 e. The van der Waals surface area contributed by atoms with Gasteiger partial charge in [-0.3, -0.25) is 9.78 Å². The number of aromatic amines is 1. The fraction of sp³-hybridized carbons (Fsp3) is 0.176. The van der Waals surface area contributed by atoms with Crippen molar-refractivity contribution in [1.82, 2.24) is 9.71 Å². The lowest BCUT2D eigenvalue weighted by molar-refractivity contribution is -0.140. The van der Waals surface area contributed by atoms with Crippen molar-refractivity contribution >= 4 is 27.1 Å². The maximum Gasteiger partial charge on any atom is 0.417 e. The SMILES string of the molecule is O=C(O)C1(NS(=O)(=O)c2ccc3[nH]c(=O)oc3c2)CC1c1ccccc1. The van der Waals surface area contributed by atoms with Gasteiger partial charge < -0.3 is 9.52 Å². The topological polar surface area (TPSA) is 129 Å². The number of hydrogen-bond acceptors (Lipinski definition) is 5. The van der Waals surface area contributed by atoms with Gasteiger partial charge in [0.15, 0.2) is 5.58 Å². The van der Waals surface area contributed by atoms with E-state index in [1.54, 1.807) is 30.3 Å². The Hall–Kier alpha value is -2.91. The Morgan fingerprint density at radius 3 is 2.65 bits per heavy atom. The molecular formula is C17H14N2O6S. The van der Waals surface area contributed by atoms with Crippen LogP contribution in [0, 0.1) is 0 Å². The highest BCUT2D eigenvalue weighted by atomic mass is 32.2. The number of sulfonamides is 1. The smallest absolute Gasteiger partial charge is 0.417 e. The zero-order valence-corrected chi connectivity index (χ0v) is 14.1. The van der Waals surface area contributed by atoms with Gasteiger partial charge in [0.25, 0.3) is 0 Å². The van der Waals surface area contributed by atoms with Crippen LogP contribution in [0.1, 0.15) is 17.9 Å². The quantitative estimate of drug-likeness (QED) is 0.619. The third-order valence-electron chi connectivity index (χ3n) is 4.56. The van der Waals surface area contributed by atoms with Crippen molar-refractivity contribution in [2.24, 2.45) is 0 Å². The predicted octanol–water partition coefficient (Wildman–Crippen LogP) is 1.41. The van der Waals surface area contributed by atoms with Crippen LogP contribution in [0.15, 0.2) is 62.6 Å². The fourth-order valence-electron chi connectivity index (χ4n) is 3.14. The first-order valence-corrected chi connectivity index (χ1v) is 9.25. The number of H-pyrrole nitrogens is 1. The molecule has 1 heterocycles. The first kappa shape index (κ1) is 16.6. The molecule has 1 fully saturated rings. The second-order valence-electron chi connectivity index (χ2n) is 6.22. The molecule has 0 bridgehead atoms. The number of aromatic nitrogens is 1. The van der Waals surface area contributed by atoms with E-state index < -0.39 is 33.2 Å². The van der Waals surface area contributed by atoms with E-state index in [4.69, 9.17) is 4.42 Å². The van der Waals surface area contributed by atoms with E-state index in [0.717, 1.165) is 5.56 Å². The van der Waals surface area contributed by atoms with Gasteiger partial charge >= 0.3 is 11.7 Å². The van der Waals surface area contributed by atoms with E-state index >= 15 is 0 Å². The molecule has 0 aliphatic heterocycles. The summed E-state index contributed by atoms with van der Waals surface area (Å²) in [6.07, 6.45) is 0.160. The average Bonchev–Trinajstić information content (AvgIpc) is 3.19. The summed E-state index contributed by atoms with van der Waals surface area (Å²) in [7, 11) is -4.13. The molecule has 2 atom stereocenters. The highest BCUT2D eigenvalue weighted by Crippen LogP contribution is 2.52. The maximum absolute atomic E-state index is 12.7. The van der Waals surface area contributed by atoms with Gasteiger partial charge in [-0.05, 0) is 24.1 Å². The van der Waals surface area contributed by atoms with E-state index in [2.05, 4.69) is 9.71 Å². The Morgan fingerprint density at radius 1 is 1.23 bits per heavy atom. The average molecular weight is 374 g/mol. The Balaban J connectivity index is 1.69. The molecule has 0 spiro atoms. The molecular weight excluding hydrogens is 360 g/mol. The highest BCUT2D eigenvalue weighted by Gasteiger charge is 2.63. The minimum absolute atomic E-state index is 0.0812. The van der Waals surface area contributed by atoms with Crippen molar-refractivity contribution in [1.29, 1.82) is 0 Å². The van der Waals surface area contributed by atoms with Gasteiger partial charge in [-0.1, -0.05) is 30.3 Å². The number of rotatable bonds is 5. The lowest BCUT2D eigenvalue weighted by atomic mass is 10.1.